The molecule has 0 fully saturated rings. The second-order valence-corrected chi connectivity index (χ2v) is 7.17. The van der Waals surface area contributed by atoms with Gasteiger partial charge in [-0.3, -0.25) is 9.36 Å². The van der Waals surface area contributed by atoms with Crippen molar-refractivity contribution in [2.75, 3.05) is 11.1 Å². The fraction of sp³-hybridized carbons (Fsp3) is 0.125. The molecule has 3 rings (SSSR count). The number of anilines is 1. The van der Waals surface area contributed by atoms with Gasteiger partial charge in [0.1, 0.15) is 5.82 Å². The molecular weight excluding hydrogens is 442 g/mol. The second-order valence-electron chi connectivity index (χ2n) is 5.01. The van der Waals surface area contributed by atoms with Gasteiger partial charge in [-0.15, -0.1) is 16.8 Å². The quantitative estimate of drug-likeness (QED) is 0.424. The minimum Gasteiger partial charge on any atom is -0.446 e. The summed E-state index contributed by atoms with van der Waals surface area (Å²) in [4.78, 5) is 16.1. The predicted octanol–water partition coefficient (Wildman–Crippen LogP) is 4.27. The first-order valence-corrected chi connectivity index (χ1v) is 9.56. The number of hydrogen-bond donors (Lipinski definition) is 1. The summed E-state index contributed by atoms with van der Waals surface area (Å²) in [7, 11) is 0. The minimum atomic E-state index is -0.208. The Morgan fingerprint density at radius 1 is 1.38 bits per heavy atom. The first-order valence-electron chi connectivity index (χ1n) is 7.41. The number of carbonyl (C=O) groups excluding carboxylic acids is 1. The van der Waals surface area contributed by atoms with Crippen molar-refractivity contribution >= 4 is 51.0 Å². The Kier molecular flexibility index (Phi) is 6.12. The molecule has 7 nitrogen and oxygen atoms in total. The zero-order valence-electron chi connectivity index (χ0n) is 13.4. The summed E-state index contributed by atoms with van der Waals surface area (Å²) in [5.41, 5.74) is 0. The first-order chi connectivity index (χ1) is 12.6. The van der Waals surface area contributed by atoms with Crippen LogP contribution in [0.5, 0.6) is 0 Å². The number of amides is 1. The molecule has 0 radical (unpaired) electrons. The third kappa shape index (κ3) is 4.54. The Hall–Kier alpha value is -2.10. The Labute approximate surface area is 167 Å². The molecule has 0 bridgehead atoms. The summed E-state index contributed by atoms with van der Waals surface area (Å²) in [6.07, 6.45) is 3.20. The molecule has 0 aliphatic heterocycles. The molecule has 134 valence electrons. The molecule has 26 heavy (non-hydrogen) atoms. The highest BCUT2D eigenvalue weighted by Gasteiger charge is 2.17. The zero-order chi connectivity index (χ0) is 18.5. The van der Waals surface area contributed by atoms with Gasteiger partial charge >= 0.3 is 0 Å². The lowest BCUT2D eigenvalue weighted by Gasteiger charge is -2.07. The number of pyridine rings is 1. The number of halogens is 2. The van der Waals surface area contributed by atoms with Gasteiger partial charge in [0.05, 0.1) is 10.8 Å². The van der Waals surface area contributed by atoms with E-state index in [0.29, 0.717) is 38.8 Å². The number of nitrogens with one attached hydrogen (secondary N) is 1. The topological polar surface area (TPSA) is 85.8 Å². The fourth-order valence-electron chi connectivity index (χ4n) is 2.06. The van der Waals surface area contributed by atoms with Gasteiger partial charge in [-0.25, -0.2) is 4.98 Å². The van der Waals surface area contributed by atoms with Crippen molar-refractivity contribution in [1.82, 2.24) is 19.7 Å². The Bertz CT molecular complexity index is 925. The second kappa shape index (κ2) is 8.52. The maximum atomic E-state index is 12.1. The molecule has 1 N–H and O–H groups in total. The monoisotopic (exact) mass is 453 g/mol. The molecule has 3 aromatic heterocycles. The van der Waals surface area contributed by atoms with Gasteiger partial charge in [0.2, 0.25) is 11.7 Å². The van der Waals surface area contributed by atoms with Crippen LogP contribution >= 0.6 is 39.3 Å². The summed E-state index contributed by atoms with van der Waals surface area (Å²) in [6, 6.07) is 6.87. The number of carbonyl (C=O) groups is 1. The van der Waals surface area contributed by atoms with Crippen LogP contribution < -0.4 is 5.32 Å². The number of furan rings is 1. The smallest absolute Gasteiger partial charge is 0.236 e. The van der Waals surface area contributed by atoms with Crippen LogP contribution in [0.2, 0.25) is 5.02 Å². The van der Waals surface area contributed by atoms with E-state index in [-0.39, 0.29) is 11.7 Å². The maximum absolute atomic E-state index is 12.1. The van der Waals surface area contributed by atoms with E-state index in [4.69, 9.17) is 16.0 Å². The number of thioether (sulfide) groups is 1. The highest BCUT2D eigenvalue weighted by Crippen LogP contribution is 2.27. The number of allylic oxidation sites excluding steroid dienone is 1. The Balaban J connectivity index is 1.69. The number of aromatic nitrogens is 4. The van der Waals surface area contributed by atoms with Crippen molar-refractivity contribution in [2.24, 2.45) is 0 Å². The lowest BCUT2D eigenvalue weighted by atomic mass is 10.4. The molecule has 0 unspecified atom stereocenters. The van der Waals surface area contributed by atoms with E-state index in [1.54, 1.807) is 30.3 Å². The summed E-state index contributed by atoms with van der Waals surface area (Å²) in [5.74, 6) is 1.53. The average Bonchev–Trinajstić information content (AvgIpc) is 3.22. The van der Waals surface area contributed by atoms with Crippen molar-refractivity contribution in [3.8, 4) is 11.6 Å². The highest BCUT2D eigenvalue weighted by molar-refractivity contribution is 9.10. The van der Waals surface area contributed by atoms with Gasteiger partial charge in [-0.2, -0.15) is 0 Å². The van der Waals surface area contributed by atoms with E-state index >= 15 is 0 Å². The van der Waals surface area contributed by atoms with E-state index in [9.17, 15) is 4.79 Å². The number of rotatable bonds is 7. The van der Waals surface area contributed by atoms with Crippen LogP contribution in [0.1, 0.15) is 0 Å². The van der Waals surface area contributed by atoms with E-state index in [1.807, 2.05) is 4.57 Å². The molecule has 10 heteroatoms. The molecular formula is C16H13BrClN5O2S. The fourth-order valence-corrected chi connectivity index (χ4v) is 3.23. The summed E-state index contributed by atoms with van der Waals surface area (Å²) in [5, 5.41) is 12.1. The lowest BCUT2D eigenvalue weighted by Crippen LogP contribution is -2.15. The Morgan fingerprint density at radius 3 is 2.88 bits per heavy atom. The van der Waals surface area contributed by atoms with Crippen molar-refractivity contribution in [2.45, 2.75) is 11.7 Å². The van der Waals surface area contributed by atoms with Gasteiger partial charge in [-0.1, -0.05) is 29.4 Å². The largest absolute Gasteiger partial charge is 0.446 e. The molecule has 0 aliphatic carbocycles. The van der Waals surface area contributed by atoms with Gasteiger partial charge in [0.25, 0.3) is 0 Å². The van der Waals surface area contributed by atoms with E-state index in [1.165, 1.54) is 18.0 Å². The van der Waals surface area contributed by atoms with Crippen molar-refractivity contribution in [3.05, 3.63) is 52.8 Å². The predicted molar refractivity (Wildman–Crippen MR) is 104 cm³/mol. The summed E-state index contributed by atoms with van der Waals surface area (Å²) >= 11 is 10.3. The molecule has 0 saturated heterocycles. The van der Waals surface area contributed by atoms with Crippen molar-refractivity contribution < 1.29 is 9.21 Å². The molecule has 0 aliphatic rings. The standard InChI is InChI=1S/C16H13BrClN5O2S/c1-2-7-23-15(11-4-5-12(17)25-11)21-22-16(23)26-9-14(24)20-13-6-3-10(18)8-19-13/h2-6,8H,1,7,9H2,(H,19,20,24). The van der Waals surface area contributed by atoms with Crippen LogP contribution in [0.3, 0.4) is 0 Å². The molecule has 0 saturated carbocycles. The van der Waals surface area contributed by atoms with Crippen LogP contribution in [0.25, 0.3) is 11.6 Å². The van der Waals surface area contributed by atoms with Gasteiger partial charge in [0.15, 0.2) is 15.6 Å². The van der Waals surface area contributed by atoms with Crippen molar-refractivity contribution in [1.29, 1.82) is 0 Å². The normalized spacial score (nSPS) is 10.7. The molecule has 0 aromatic carbocycles. The van der Waals surface area contributed by atoms with Crippen LogP contribution in [0.4, 0.5) is 5.82 Å². The van der Waals surface area contributed by atoms with Crippen LogP contribution in [-0.2, 0) is 11.3 Å². The van der Waals surface area contributed by atoms with Gasteiger partial charge in [-0.05, 0) is 40.2 Å². The molecule has 0 spiro atoms. The zero-order valence-corrected chi connectivity index (χ0v) is 16.5. The molecule has 3 heterocycles. The number of hydrogen-bond acceptors (Lipinski definition) is 6. The first kappa shape index (κ1) is 18.7. The van der Waals surface area contributed by atoms with Gasteiger partial charge in [0, 0.05) is 12.7 Å². The number of nitrogens with zero attached hydrogens (tertiary/aromatic N) is 4. The molecule has 3 aromatic rings. The lowest BCUT2D eigenvalue weighted by molar-refractivity contribution is -0.113. The van der Waals surface area contributed by atoms with E-state index < -0.39 is 0 Å². The molecule has 0 atom stereocenters. The van der Waals surface area contributed by atoms with Crippen molar-refractivity contribution in [3.63, 3.8) is 0 Å². The van der Waals surface area contributed by atoms with Crippen LogP contribution in [0.15, 0.2) is 57.4 Å². The van der Waals surface area contributed by atoms with Crippen LogP contribution in [-0.4, -0.2) is 31.4 Å². The summed E-state index contributed by atoms with van der Waals surface area (Å²) in [6.45, 7) is 4.24. The Morgan fingerprint density at radius 2 is 2.23 bits per heavy atom. The van der Waals surface area contributed by atoms with E-state index in [2.05, 4.69) is 43.0 Å². The third-order valence-electron chi connectivity index (χ3n) is 3.15. The highest BCUT2D eigenvalue weighted by atomic mass is 79.9. The van der Waals surface area contributed by atoms with Gasteiger partial charge < -0.3 is 9.73 Å². The van der Waals surface area contributed by atoms with E-state index in [0.717, 1.165) is 0 Å². The molecule has 1 amide bonds. The van der Waals surface area contributed by atoms with Crippen LogP contribution in [0, 0.1) is 0 Å². The SMILES string of the molecule is C=CCn1c(SCC(=O)Nc2ccc(Cl)cn2)nnc1-c1ccc(Br)o1. The minimum absolute atomic E-state index is 0.154. The summed E-state index contributed by atoms with van der Waals surface area (Å²) < 4.78 is 7.97. The maximum Gasteiger partial charge on any atom is 0.236 e. The third-order valence-corrected chi connectivity index (χ3v) is 4.77. The average molecular weight is 455 g/mol.